The van der Waals surface area contributed by atoms with Crippen molar-refractivity contribution in [2.24, 2.45) is 23.7 Å². The fourth-order valence-electron chi connectivity index (χ4n) is 5.77. The average molecular weight is 547 g/mol. The molecule has 0 N–H and O–H groups in total. The molecule has 0 aromatic heterocycles. The van der Waals surface area contributed by atoms with Crippen molar-refractivity contribution < 1.29 is 45.7 Å². The van der Waals surface area contributed by atoms with Gasteiger partial charge in [0.2, 0.25) is 23.6 Å². The van der Waals surface area contributed by atoms with Gasteiger partial charge in [0.25, 0.3) is 0 Å². The van der Waals surface area contributed by atoms with Crippen LogP contribution in [0.1, 0.15) is 25.7 Å². The van der Waals surface area contributed by atoms with E-state index in [-0.39, 0.29) is 49.6 Å². The lowest BCUT2D eigenvalue weighted by Crippen LogP contribution is -2.43. The minimum atomic E-state index is -2.81. The monoisotopic (exact) mass is 546 g/mol. The number of hydrogen-bond donors (Lipinski definition) is 0. The number of carbonyl (C=O) groups excluding carboxylic acids is 4. The number of rotatable bonds is 14. The van der Waals surface area contributed by atoms with Crippen molar-refractivity contribution >= 4 is 41.2 Å². The molecule has 1 saturated carbocycles. The first-order chi connectivity index (χ1) is 17.2. The van der Waals surface area contributed by atoms with Gasteiger partial charge in [0, 0.05) is 67.8 Å². The van der Waals surface area contributed by atoms with E-state index in [0.29, 0.717) is 24.9 Å². The van der Waals surface area contributed by atoms with Crippen LogP contribution in [0.2, 0.25) is 12.1 Å². The second-order valence-electron chi connectivity index (χ2n) is 9.35. The lowest BCUT2D eigenvalue weighted by molar-refractivity contribution is -0.140. The van der Waals surface area contributed by atoms with Crippen molar-refractivity contribution in [3.63, 3.8) is 0 Å². The summed E-state index contributed by atoms with van der Waals surface area (Å²) >= 11 is 0. The molecule has 0 aromatic rings. The summed E-state index contributed by atoms with van der Waals surface area (Å²) in [6.07, 6.45) is 1.40. The van der Waals surface area contributed by atoms with Gasteiger partial charge < -0.3 is 26.6 Å². The van der Waals surface area contributed by atoms with Crippen LogP contribution in [0.25, 0.3) is 0 Å². The van der Waals surface area contributed by atoms with E-state index in [4.69, 9.17) is 26.6 Å². The zero-order chi connectivity index (χ0) is 26.7. The maximum atomic E-state index is 13.1. The number of fused-ring (bicyclic) bond motifs is 2. The Hall–Kier alpha value is -1.53. The molecule has 14 heteroatoms. The topological polar surface area (TPSA) is 130 Å². The minimum absolute atomic E-state index is 0.220. The van der Waals surface area contributed by atoms with Crippen molar-refractivity contribution in [3.05, 3.63) is 0 Å². The lowest BCUT2D eigenvalue weighted by atomic mass is 9.70. The Morgan fingerprint density at radius 1 is 0.556 bits per heavy atom. The fraction of sp³-hybridized carbons (Fsp3) is 0.818. The number of nitrogens with zero attached hydrogens (tertiary/aromatic N) is 2. The highest BCUT2D eigenvalue weighted by Gasteiger charge is 2.59. The Morgan fingerprint density at radius 2 is 0.806 bits per heavy atom. The highest BCUT2D eigenvalue weighted by Crippen LogP contribution is 2.47. The third-order valence-electron chi connectivity index (χ3n) is 7.92. The normalized spacial score (nSPS) is 26.7. The van der Waals surface area contributed by atoms with E-state index in [1.807, 2.05) is 0 Å². The summed E-state index contributed by atoms with van der Waals surface area (Å²) in [6.45, 7) is 0.450. The maximum Gasteiger partial charge on any atom is 0.500 e. The first kappa shape index (κ1) is 29.0. The van der Waals surface area contributed by atoms with Crippen molar-refractivity contribution in [1.29, 1.82) is 0 Å². The molecule has 0 aromatic carbocycles. The minimum Gasteiger partial charge on any atom is -0.377 e. The molecule has 3 aliphatic rings. The summed E-state index contributed by atoms with van der Waals surface area (Å²) in [5, 5.41) is 0. The van der Waals surface area contributed by atoms with Crippen LogP contribution in [0, 0.1) is 23.7 Å². The number of carbonyl (C=O) groups is 4. The molecule has 3 rings (SSSR count). The van der Waals surface area contributed by atoms with Crippen LogP contribution in [-0.2, 0) is 45.7 Å². The second kappa shape index (κ2) is 11.9. The third-order valence-corrected chi connectivity index (χ3v) is 13.6. The Bertz CT molecular complexity index is 726. The number of hydrogen-bond acceptors (Lipinski definition) is 10. The van der Waals surface area contributed by atoms with Crippen LogP contribution in [0.3, 0.4) is 0 Å². The van der Waals surface area contributed by atoms with E-state index in [0.717, 1.165) is 0 Å². The largest absolute Gasteiger partial charge is 0.500 e. The second-order valence-corrected chi connectivity index (χ2v) is 15.5. The molecule has 2 saturated heterocycles. The summed E-state index contributed by atoms with van der Waals surface area (Å²) in [5.74, 6) is -3.34. The molecular weight excluding hydrogens is 508 g/mol. The van der Waals surface area contributed by atoms with E-state index in [9.17, 15) is 19.2 Å². The van der Waals surface area contributed by atoms with Gasteiger partial charge in [-0.25, -0.2) is 0 Å². The first-order valence-corrected chi connectivity index (χ1v) is 16.0. The van der Waals surface area contributed by atoms with Crippen LogP contribution in [-0.4, -0.2) is 107 Å². The highest BCUT2D eigenvalue weighted by atomic mass is 28.4. The van der Waals surface area contributed by atoms with Gasteiger partial charge in [-0.3, -0.25) is 29.0 Å². The van der Waals surface area contributed by atoms with Crippen LogP contribution < -0.4 is 0 Å². The Balaban J connectivity index is 1.61. The van der Waals surface area contributed by atoms with Gasteiger partial charge in [0.05, 0.1) is 23.7 Å². The maximum absolute atomic E-state index is 13.1. The zero-order valence-electron chi connectivity index (χ0n) is 21.9. The highest BCUT2D eigenvalue weighted by molar-refractivity contribution is 6.60. The van der Waals surface area contributed by atoms with E-state index in [1.165, 1.54) is 52.5 Å². The molecule has 0 radical (unpaired) electrons. The standard InChI is InChI=1S/C22H38N2O10Si2/c1-29-35(30-2,31-3)11-7-9-23-19(25)15-13-17-18(14-16(15)20(23)26)22(28)24(21(17)27)10-8-12-36(32-4,33-5)34-6/h15-18H,7-14H2,1-6H3. The molecule has 36 heavy (non-hydrogen) atoms. The van der Waals surface area contributed by atoms with Crippen molar-refractivity contribution in [2.75, 3.05) is 55.7 Å². The van der Waals surface area contributed by atoms with Gasteiger partial charge in [-0.05, 0) is 25.7 Å². The van der Waals surface area contributed by atoms with Crippen LogP contribution >= 0.6 is 0 Å². The summed E-state index contributed by atoms with van der Waals surface area (Å²) in [6, 6.07) is 0.916. The SMILES string of the molecule is CO[Si](CCCN1C(=O)C2CC3C(=O)N(CCC[Si](OC)(OC)OC)C(=O)C3CC2C1=O)(OC)OC. The number of amides is 4. The van der Waals surface area contributed by atoms with Crippen molar-refractivity contribution in [2.45, 2.75) is 37.8 Å². The van der Waals surface area contributed by atoms with Gasteiger partial charge in [-0.1, -0.05) is 0 Å². The van der Waals surface area contributed by atoms with Crippen LogP contribution in [0.4, 0.5) is 0 Å². The molecular formula is C22H38N2O10Si2. The van der Waals surface area contributed by atoms with Crippen LogP contribution in [0.5, 0.6) is 0 Å². The summed E-state index contributed by atoms with van der Waals surface area (Å²) < 4.78 is 32.4. The molecule has 2 heterocycles. The molecule has 0 spiro atoms. The molecule has 3 fully saturated rings. The zero-order valence-corrected chi connectivity index (χ0v) is 23.9. The van der Waals surface area contributed by atoms with Crippen molar-refractivity contribution in [3.8, 4) is 0 Å². The van der Waals surface area contributed by atoms with E-state index in [1.54, 1.807) is 0 Å². The fourth-order valence-corrected chi connectivity index (χ4v) is 9.18. The van der Waals surface area contributed by atoms with Gasteiger partial charge in [-0.2, -0.15) is 0 Å². The first-order valence-electron chi connectivity index (χ1n) is 12.2. The van der Waals surface area contributed by atoms with E-state index in [2.05, 4.69) is 0 Å². The van der Waals surface area contributed by atoms with Crippen LogP contribution in [0.15, 0.2) is 0 Å². The van der Waals surface area contributed by atoms with Gasteiger partial charge in [0.1, 0.15) is 0 Å². The Labute approximate surface area is 214 Å². The quantitative estimate of drug-likeness (QED) is 0.224. The molecule has 4 amide bonds. The molecule has 2 aliphatic heterocycles. The van der Waals surface area contributed by atoms with E-state index >= 15 is 0 Å². The summed E-state index contributed by atoms with van der Waals surface area (Å²) in [7, 11) is 3.47. The molecule has 12 nitrogen and oxygen atoms in total. The lowest BCUT2D eigenvalue weighted by Gasteiger charge is -2.28. The molecule has 1 aliphatic carbocycles. The van der Waals surface area contributed by atoms with E-state index < -0.39 is 41.3 Å². The van der Waals surface area contributed by atoms with Gasteiger partial charge in [0.15, 0.2) is 0 Å². The Morgan fingerprint density at radius 3 is 1.03 bits per heavy atom. The number of imide groups is 2. The number of likely N-dealkylation sites (tertiary alicyclic amines) is 2. The average Bonchev–Trinajstić information content (AvgIpc) is 3.28. The molecule has 4 atom stereocenters. The molecule has 0 bridgehead atoms. The third kappa shape index (κ3) is 5.22. The Kier molecular flexibility index (Phi) is 9.59. The summed E-state index contributed by atoms with van der Waals surface area (Å²) in [4.78, 5) is 55.1. The molecule has 204 valence electrons. The van der Waals surface area contributed by atoms with Gasteiger partial charge >= 0.3 is 17.6 Å². The predicted molar refractivity (Wildman–Crippen MR) is 129 cm³/mol. The van der Waals surface area contributed by atoms with Gasteiger partial charge in [-0.15, -0.1) is 0 Å². The predicted octanol–water partition coefficient (Wildman–Crippen LogP) is 0.519. The van der Waals surface area contributed by atoms with Crippen molar-refractivity contribution in [1.82, 2.24) is 9.80 Å². The summed E-state index contributed by atoms with van der Waals surface area (Å²) in [5.41, 5.74) is 0. The smallest absolute Gasteiger partial charge is 0.377 e. The molecule has 4 unspecified atom stereocenters.